The van der Waals surface area contributed by atoms with Gasteiger partial charge < -0.3 is 0 Å². The first-order valence-electron chi connectivity index (χ1n) is 8.30. The lowest BCUT2D eigenvalue weighted by atomic mass is 10.1. The summed E-state index contributed by atoms with van der Waals surface area (Å²) in [4.78, 5) is 38.9. The second-order valence-electron chi connectivity index (χ2n) is 6.66. The molecule has 0 aromatic heterocycles. The van der Waals surface area contributed by atoms with E-state index in [2.05, 4.69) is 0 Å². The van der Waals surface area contributed by atoms with Gasteiger partial charge in [0.15, 0.2) is 5.78 Å². The van der Waals surface area contributed by atoms with E-state index in [4.69, 9.17) is 0 Å². The van der Waals surface area contributed by atoms with Crippen molar-refractivity contribution in [2.75, 3.05) is 0 Å². The number of aryl methyl sites for hydroxylation is 1. The molecule has 1 aliphatic carbocycles. The topological polar surface area (TPSA) is 54.5 Å². The van der Waals surface area contributed by atoms with Crippen LogP contribution in [0.5, 0.6) is 0 Å². The zero-order valence-electron chi connectivity index (χ0n) is 13.9. The molecule has 0 spiro atoms. The highest BCUT2D eigenvalue weighted by atomic mass is 16.2. The molecule has 2 aliphatic rings. The van der Waals surface area contributed by atoms with E-state index in [1.54, 1.807) is 42.5 Å². The summed E-state index contributed by atoms with van der Waals surface area (Å²) in [5.74, 6) is -0.668. The molecular weight excluding hydrogens is 314 g/mol. The smallest absolute Gasteiger partial charge is 0.262 e. The Hall–Kier alpha value is -3.01. The van der Waals surface area contributed by atoms with Gasteiger partial charge in [0, 0.05) is 5.56 Å². The van der Waals surface area contributed by atoms with Crippen molar-refractivity contribution >= 4 is 17.6 Å². The molecule has 124 valence electrons. The summed E-state index contributed by atoms with van der Waals surface area (Å²) in [6, 6.07) is 14.2. The van der Waals surface area contributed by atoms with Gasteiger partial charge in [-0.25, -0.2) is 0 Å². The maximum Gasteiger partial charge on any atom is 0.262 e. The molecule has 0 atom stereocenters. The lowest BCUT2D eigenvalue weighted by Gasteiger charge is -2.22. The van der Waals surface area contributed by atoms with Crippen molar-refractivity contribution in [1.29, 1.82) is 0 Å². The molecule has 1 heterocycles. The lowest BCUT2D eigenvalue weighted by Crippen LogP contribution is -2.40. The Morgan fingerprint density at radius 3 is 2.04 bits per heavy atom. The number of benzene rings is 2. The third-order valence-corrected chi connectivity index (χ3v) is 4.88. The average Bonchev–Trinajstić information content (AvgIpc) is 3.36. The molecule has 0 saturated heterocycles. The van der Waals surface area contributed by atoms with Crippen LogP contribution in [0.1, 0.15) is 49.5 Å². The van der Waals surface area contributed by atoms with Gasteiger partial charge in [0.25, 0.3) is 11.8 Å². The Morgan fingerprint density at radius 1 is 0.960 bits per heavy atom. The summed E-state index contributed by atoms with van der Waals surface area (Å²) in [5.41, 5.74) is 1.91. The van der Waals surface area contributed by atoms with E-state index in [0.717, 1.165) is 5.56 Å². The molecule has 0 radical (unpaired) electrons. The number of imide groups is 1. The highest BCUT2D eigenvalue weighted by Gasteiger charge is 2.54. The van der Waals surface area contributed by atoms with Gasteiger partial charge >= 0.3 is 0 Å². The van der Waals surface area contributed by atoms with Crippen molar-refractivity contribution in [3.05, 3.63) is 82.9 Å². The molecule has 2 aromatic carbocycles. The fraction of sp³-hybridized carbons (Fsp3) is 0.190. The van der Waals surface area contributed by atoms with Crippen LogP contribution in [0.3, 0.4) is 0 Å². The molecule has 2 aromatic rings. The minimum Gasteiger partial charge on any atom is -0.289 e. The number of carbonyl (C=O) groups is 3. The Balaban J connectivity index is 1.59. The predicted octanol–water partition coefficient (Wildman–Crippen LogP) is 3.56. The fourth-order valence-corrected chi connectivity index (χ4v) is 3.23. The van der Waals surface area contributed by atoms with E-state index < -0.39 is 5.54 Å². The maximum absolute atomic E-state index is 12.6. The summed E-state index contributed by atoms with van der Waals surface area (Å²) in [6.45, 7) is 1.96. The van der Waals surface area contributed by atoms with Crippen LogP contribution in [0, 0.1) is 6.92 Å². The molecule has 4 heteroatoms. The van der Waals surface area contributed by atoms with Gasteiger partial charge in [-0.3, -0.25) is 19.3 Å². The fourth-order valence-electron chi connectivity index (χ4n) is 3.23. The van der Waals surface area contributed by atoms with Crippen LogP contribution < -0.4 is 0 Å². The minimum absolute atomic E-state index is 0.122. The van der Waals surface area contributed by atoms with Gasteiger partial charge in [0.2, 0.25) is 0 Å². The van der Waals surface area contributed by atoms with Crippen molar-refractivity contribution < 1.29 is 14.4 Å². The molecule has 4 nitrogen and oxygen atoms in total. The molecule has 2 amide bonds. The van der Waals surface area contributed by atoms with Gasteiger partial charge in [-0.1, -0.05) is 48.0 Å². The van der Waals surface area contributed by atoms with Crippen molar-refractivity contribution in [2.24, 2.45) is 0 Å². The van der Waals surface area contributed by atoms with Gasteiger partial charge in [0.1, 0.15) is 0 Å². The van der Waals surface area contributed by atoms with E-state index in [1.807, 2.05) is 19.1 Å². The van der Waals surface area contributed by atoms with Crippen LogP contribution >= 0.6 is 0 Å². The first kappa shape index (κ1) is 15.5. The molecule has 1 aliphatic heterocycles. The molecule has 1 saturated carbocycles. The number of carbonyl (C=O) groups excluding carboxylic acids is 3. The van der Waals surface area contributed by atoms with Gasteiger partial charge in [-0.05, 0) is 38.0 Å². The van der Waals surface area contributed by atoms with Crippen LogP contribution in [0.15, 0.2) is 60.7 Å². The van der Waals surface area contributed by atoms with E-state index in [1.165, 1.54) is 11.0 Å². The molecule has 0 N–H and O–H groups in total. The molecular formula is C21H17NO3. The second kappa shape index (κ2) is 5.52. The Labute approximate surface area is 145 Å². The average molecular weight is 331 g/mol. The highest BCUT2D eigenvalue weighted by molar-refractivity contribution is 6.22. The quantitative estimate of drug-likeness (QED) is 0.489. The predicted molar refractivity (Wildman–Crippen MR) is 93.6 cm³/mol. The Bertz CT molecular complexity index is 885. The summed E-state index contributed by atoms with van der Waals surface area (Å²) in [7, 11) is 0. The van der Waals surface area contributed by atoms with Crippen LogP contribution in [-0.2, 0) is 0 Å². The van der Waals surface area contributed by atoms with Crippen molar-refractivity contribution in [2.45, 2.75) is 25.3 Å². The molecule has 0 bridgehead atoms. The number of nitrogens with zero attached hydrogens (tertiary/aromatic N) is 1. The highest BCUT2D eigenvalue weighted by Crippen LogP contribution is 2.46. The SMILES string of the molecule is Cc1ccc(C(=O)/C=C/C2(N3C(=O)c4ccccc4C3=O)CC2)cc1. The number of hydrogen-bond donors (Lipinski definition) is 0. The molecule has 0 unspecified atom stereocenters. The first-order valence-corrected chi connectivity index (χ1v) is 8.30. The third kappa shape index (κ3) is 2.50. The second-order valence-corrected chi connectivity index (χ2v) is 6.66. The Morgan fingerprint density at radius 2 is 1.52 bits per heavy atom. The molecule has 4 rings (SSSR count). The molecule has 25 heavy (non-hydrogen) atoms. The molecule has 1 fully saturated rings. The summed E-state index contributed by atoms with van der Waals surface area (Å²) in [5, 5.41) is 0. The zero-order valence-corrected chi connectivity index (χ0v) is 13.9. The number of rotatable bonds is 4. The Kier molecular flexibility index (Phi) is 3.42. The van der Waals surface area contributed by atoms with Gasteiger partial charge in [-0.15, -0.1) is 0 Å². The van der Waals surface area contributed by atoms with Crippen LogP contribution in [-0.4, -0.2) is 28.0 Å². The van der Waals surface area contributed by atoms with Crippen LogP contribution in [0.25, 0.3) is 0 Å². The van der Waals surface area contributed by atoms with Crippen molar-refractivity contribution in [3.63, 3.8) is 0 Å². The minimum atomic E-state index is -0.659. The monoisotopic (exact) mass is 331 g/mol. The van der Waals surface area contributed by atoms with Crippen LogP contribution in [0.4, 0.5) is 0 Å². The lowest BCUT2D eigenvalue weighted by molar-refractivity contribution is 0.0596. The van der Waals surface area contributed by atoms with Crippen molar-refractivity contribution in [1.82, 2.24) is 4.90 Å². The maximum atomic E-state index is 12.6. The number of hydrogen-bond acceptors (Lipinski definition) is 3. The van der Waals surface area contributed by atoms with E-state index in [9.17, 15) is 14.4 Å². The number of fused-ring (bicyclic) bond motifs is 1. The standard InChI is InChI=1S/C21H17NO3/c1-14-6-8-15(9-7-14)18(23)10-11-21(12-13-21)22-19(24)16-4-2-3-5-17(16)20(22)25/h2-11H,12-13H2,1H3/b11-10+. The normalized spacial score (nSPS) is 17.9. The largest absolute Gasteiger partial charge is 0.289 e. The van der Waals surface area contributed by atoms with E-state index in [0.29, 0.717) is 29.5 Å². The number of ketones is 1. The van der Waals surface area contributed by atoms with Gasteiger partial charge in [0.05, 0.1) is 16.7 Å². The number of amides is 2. The first-order chi connectivity index (χ1) is 12.0. The summed E-state index contributed by atoms with van der Waals surface area (Å²) < 4.78 is 0. The number of allylic oxidation sites excluding steroid dienone is 1. The third-order valence-electron chi connectivity index (χ3n) is 4.88. The zero-order chi connectivity index (χ0) is 17.6. The van der Waals surface area contributed by atoms with Crippen molar-refractivity contribution in [3.8, 4) is 0 Å². The summed E-state index contributed by atoms with van der Waals surface area (Å²) >= 11 is 0. The van der Waals surface area contributed by atoms with E-state index in [-0.39, 0.29) is 17.6 Å². The summed E-state index contributed by atoms with van der Waals surface area (Å²) in [6.07, 6.45) is 4.59. The van der Waals surface area contributed by atoms with Gasteiger partial charge in [-0.2, -0.15) is 0 Å². The van der Waals surface area contributed by atoms with E-state index >= 15 is 0 Å². The van der Waals surface area contributed by atoms with Crippen LogP contribution in [0.2, 0.25) is 0 Å².